The summed E-state index contributed by atoms with van der Waals surface area (Å²) in [5, 5.41) is 12.9. The Labute approximate surface area is 127 Å². The van der Waals surface area contributed by atoms with E-state index in [-0.39, 0.29) is 6.01 Å². The third-order valence-corrected chi connectivity index (χ3v) is 2.92. The molecule has 0 atom stereocenters. The molecule has 1 aromatic heterocycles. The van der Waals surface area contributed by atoms with Crippen molar-refractivity contribution in [1.82, 2.24) is 10.2 Å². The number of anilines is 2. The number of hydrogen-bond acceptors (Lipinski definition) is 4. The van der Waals surface area contributed by atoms with E-state index in [9.17, 15) is 4.79 Å². The van der Waals surface area contributed by atoms with E-state index in [0.717, 1.165) is 5.56 Å². The van der Waals surface area contributed by atoms with Crippen LogP contribution < -0.4 is 10.6 Å². The van der Waals surface area contributed by atoms with Gasteiger partial charge in [-0.25, -0.2) is 4.79 Å². The van der Waals surface area contributed by atoms with Gasteiger partial charge in [-0.1, -0.05) is 53.6 Å². The molecule has 0 aliphatic rings. The highest BCUT2D eigenvalue weighted by Gasteiger charge is 2.10. The first-order valence-electron chi connectivity index (χ1n) is 6.79. The molecule has 0 unspecified atom stereocenters. The lowest BCUT2D eigenvalue weighted by Gasteiger charge is -2.03. The van der Waals surface area contributed by atoms with E-state index >= 15 is 0 Å². The molecule has 3 aromatic rings. The number of nitrogens with one attached hydrogen (secondary N) is 2. The fourth-order valence-corrected chi connectivity index (χ4v) is 1.93. The number of carbonyl (C=O) groups is 1. The van der Waals surface area contributed by atoms with Crippen LogP contribution in [0.4, 0.5) is 16.5 Å². The number of benzene rings is 2. The van der Waals surface area contributed by atoms with Gasteiger partial charge in [0.05, 0.1) is 6.42 Å². The van der Waals surface area contributed by atoms with E-state index in [1.165, 1.54) is 0 Å². The van der Waals surface area contributed by atoms with Crippen molar-refractivity contribution in [2.24, 2.45) is 0 Å². The topological polar surface area (TPSA) is 80.0 Å². The number of hydrogen-bond donors (Lipinski definition) is 2. The molecule has 0 radical (unpaired) electrons. The van der Waals surface area contributed by atoms with Crippen molar-refractivity contribution in [3.05, 3.63) is 72.1 Å². The van der Waals surface area contributed by atoms with Gasteiger partial charge in [0, 0.05) is 5.69 Å². The van der Waals surface area contributed by atoms with E-state index in [2.05, 4.69) is 20.8 Å². The Hall–Kier alpha value is -3.15. The second-order valence-electron chi connectivity index (χ2n) is 4.61. The molecule has 2 amide bonds. The second-order valence-corrected chi connectivity index (χ2v) is 4.61. The van der Waals surface area contributed by atoms with E-state index in [1.54, 1.807) is 12.1 Å². The average molecular weight is 294 g/mol. The third-order valence-electron chi connectivity index (χ3n) is 2.92. The lowest BCUT2D eigenvalue weighted by molar-refractivity contribution is 0.261. The normalized spacial score (nSPS) is 10.2. The molecule has 0 aliphatic heterocycles. The van der Waals surface area contributed by atoms with Gasteiger partial charge < -0.3 is 9.73 Å². The first kappa shape index (κ1) is 13.8. The van der Waals surface area contributed by atoms with Gasteiger partial charge in [-0.2, -0.15) is 0 Å². The van der Waals surface area contributed by atoms with Crippen molar-refractivity contribution in [2.45, 2.75) is 6.42 Å². The van der Waals surface area contributed by atoms with E-state index < -0.39 is 6.03 Å². The highest BCUT2D eigenvalue weighted by Crippen LogP contribution is 2.12. The molecule has 0 fully saturated rings. The molecule has 22 heavy (non-hydrogen) atoms. The van der Waals surface area contributed by atoms with Gasteiger partial charge >= 0.3 is 12.0 Å². The molecule has 2 N–H and O–H groups in total. The molecule has 0 bridgehead atoms. The monoisotopic (exact) mass is 294 g/mol. The summed E-state index contributed by atoms with van der Waals surface area (Å²) in [5.74, 6) is 0.446. The van der Waals surface area contributed by atoms with E-state index in [4.69, 9.17) is 4.42 Å². The number of urea groups is 1. The second kappa shape index (κ2) is 6.53. The molecule has 110 valence electrons. The highest BCUT2D eigenvalue weighted by molar-refractivity contribution is 5.98. The Balaban J connectivity index is 1.58. The average Bonchev–Trinajstić information content (AvgIpc) is 2.96. The van der Waals surface area contributed by atoms with Crippen LogP contribution >= 0.6 is 0 Å². The predicted octanol–water partition coefficient (Wildman–Crippen LogP) is 3.30. The Morgan fingerprint density at radius 2 is 1.59 bits per heavy atom. The van der Waals surface area contributed by atoms with Gasteiger partial charge in [-0.15, -0.1) is 5.10 Å². The SMILES string of the molecule is O=C(Nc1ccccc1)Nc1nnc(Cc2ccccc2)o1. The summed E-state index contributed by atoms with van der Waals surface area (Å²) in [4.78, 5) is 11.8. The summed E-state index contributed by atoms with van der Waals surface area (Å²) in [5.41, 5.74) is 1.75. The summed E-state index contributed by atoms with van der Waals surface area (Å²) in [6.07, 6.45) is 0.524. The smallest absolute Gasteiger partial charge is 0.327 e. The van der Waals surface area contributed by atoms with Gasteiger partial charge in [0.15, 0.2) is 0 Å². The maximum absolute atomic E-state index is 11.8. The summed E-state index contributed by atoms with van der Waals surface area (Å²) in [6.45, 7) is 0. The van der Waals surface area contributed by atoms with Crippen LogP contribution in [0.2, 0.25) is 0 Å². The Bertz CT molecular complexity index is 741. The van der Waals surface area contributed by atoms with Gasteiger partial charge in [-0.3, -0.25) is 5.32 Å². The van der Waals surface area contributed by atoms with E-state index in [0.29, 0.717) is 18.0 Å². The van der Waals surface area contributed by atoms with Gasteiger partial charge in [-0.05, 0) is 17.7 Å². The lowest BCUT2D eigenvalue weighted by atomic mass is 10.2. The third kappa shape index (κ3) is 3.69. The quantitative estimate of drug-likeness (QED) is 0.773. The molecule has 3 rings (SSSR count). The Kier molecular flexibility index (Phi) is 4.10. The minimum atomic E-state index is -0.430. The van der Waals surface area contributed by atoms with Crippen LogP contribution in [-0.2, 0) is 6.42 Å². The summed E-state index contributed by atoms with van der Waals surface area (Å²) in [6, 6.07) is 18.5. The summed E-state index contributed by atoms with van der Waals surface area (Å²) < 4.78 is 5.40. The molecule has 0 aliphatic carbocycles. The maximum atomic E-state index is 11.8. The van der Waals surface area contributed by atoms with Gasteiger partial charge in [0.25, 0.3) is 0 Å². The summed E-state index contributed by atoms with van der Waals surface area (Å²) in [7, 11) is 0. The largest absolute Gasteiger partial charge is 0.407 e. The maximum Gasteiger partial charge on any atom is 0.327 e. The zero-order chi connectivity index (χ0) is 15.2. The summed E-state index contributed by atoms with van der Waals surface area (Å²) >= 11 is 0. The van der Waals surface area contributed by atoms with Crippen LogP contribution in [-0.4, -0.2) is 16.2 Å². The van der Waals surface area contributed by atoms with Crippen molar-refractivity contribution in [3.63, 3.8) is 0 Å². The van der Waals surface area contributed by atoms with E-state index in [1.807, 2.05) is 48.5 Å². The first-order chi connectivity index (χ1) is 10.8. The number of rotatable bonds is 4. The molecule has 2 aromatic carbocycles. The zero-order valence-electron chi connectivity index (χ0n) is 11.7. The molecule has 6 nitrogen and oxygen atoms in total. The van der Waals surface area contributed by atoms with Crippen LogP contribution in [0.3, 0.4) is 0 Å². The molecular formula is C16H14N4O2. The molecule has 6 heteroatoms. The Morgan fingerprint density at radius 3 is 2.32 bits per heavy atom. The number of nitrogens with zero attached hydrogens (tertiary/aromatic N) is 2. The number of aromatic nitrogens is 2. The zero-order valence-corrected chi connectivity index (χ0v) is 11.7. The molecule has 1 heterocycles. The standard InChI is InChI=1S/C16H14N4O2/c21-15(17-13-9-5-2-6-10-13)18-16-20-19-14(22-16)11-12-7-3-1-4-8-12/h1-10H,11H2,(H2,17,18,20,21). The van der Waals surface area contributed by atoms with Gasteiger partial charge in [0.2, 0.25) is 5.89 Å². The fourth-order valence-electron chi connectivity index (χ4n) is 1.93. The van der Waals surface area contributed by atoms with Crippen LogP contribution in [0.25, 0.3) is 0 Å². The van der Waals surface area contributed by atoms with Crippen LogP contribution in [0, 0.1) is 0 Å². The van der Waals surface area contributed by atoms with Crippen molar-refractivity contribution < 1.29 is 9.21 Å². The highest BCUT2D eigenvalue weighted by atomic mass is 16.4. The predicted molar refractivity (Wildman–Crippen MR) is 82.6 cm³/mol. The number of amides is 2. The molecule has 0 saturated carbocycles. The fraction of sp³-hybridized carbons (Fsp3) is 0.0625. The molecular weight excluding hydrogens is 280 g/mol. The molecule has 0 saturated heterocycles. The van der Waals surface area contributed by atoms with Gasteiger partial charge in [0.1, 0.15) is 0 Å². The van der Waals surface area contributed by atoms with Crippen molar-refractivity contribution in [2.75, 3.05) is 10.6 Å². The molecule has 0 spiro atoms. The minimum Gasteiger partial charge on any atom is -0.407 e. The number of para-hydroxylation sites is 1. The number of carbonyl (C=O) groups excluding carboxylic acids is 1. The Morgan fingerprint density at radius 1 is 0.909 bits per heavy atom. The van der Waals surface area contributed by atoms with Crippen molar-refractivity contribution in [1.29, 1.82) is 0 Å². The minimum absolute atomic E-state index is 0.0689. The van der Waals surface area contributed by atoms with Crippen LogP contribution in [0.1, 0.15) is 11.5 Å². The van der Waals surface area contributed by atoms with Crippen LogP contribution in [0.5, 0.6) is 0 Å². The lowest BCUT2D eigenvalue weighted by Crippen LogP contribution is -2.19. The van der Waals surface area contributed by atoms with Crippen LogP contribution in [0.15, 0.2) is 65.1 Å². The van der Waals surface area contributed by atoms with Crippen molar-refractivity contribution >= 4 is 17.7 Å². The first-order valence-corrected chi connectivity index (χ1v) is 6.79. The van der Waals surface area contributed by atoms with Crippen molar-refractivity contribution in [3.8, 4) is 0 Å².